The molecule has 2 aromatic carbocycles. The third-order valence-electron chi connectivity index (χ3n) is 3.53. The molecule has 134 valence electrons. The molecule has 1 N–H and O–H groups in total. The number of carbonyl (C=O) groups excluding carboxylic acids is 1. The fourth-order valence-corrected chi connectivity index (χ4v) is 2.23. The van der Waals surface area contributed by atoms with E-state index in [2.05, 4.69) is 0 Å². The zero-order valence-corrected chi connectivity index (χ0v) is 13.5. The summed E-state index contributed by atoms with van der Waals surface area (Å²) in [7, 11) is 0. The summed E-state index contributed by atoms with van der Waals surface area (Å²) in [6.07, 6.45) is 1.65. The maximum atomic E-state index is 12.4. The van der Waals surface area contributed by atoms with Gasteiger partial charge < -0.3 is 5.11 Å². The van der Waals surface area contributed by atoms with Crippen molar-refractivity contribution in [3.05, 3.63) is 84.0 Å². The van der Waals surface area contributed by atoms with E-state index in [1.165, 1.54) is 18.2 Å². The molecule has 0 radical (unpaired) electrons. The molecule has 3 nitrogen and oxygen atoms in total. The lowest BCUT2D eigenvalue weighted by molar-refractivity contribution is -0.131. The molecule has 0 aliphatic heterocycles. The molecule has 0 aromatic heterocycles. The Morgan fingerprint density at radius 1 is 0.885 bits per heavy atom. The minimum Gasteiger partial charge on any atom is -0.478 e. The Morgan fingerprint density at radius 3 is 1.92 bits per heavy atom. The second-order valence-corrected chi connectivity index (χ2v) is 5.43. The summed E-state index contributed by atoms with van der Waals surface area (Å²) in [6.45, 7) is 0. The Labute approximate surface area is 148 Å². The van der Waals surface area contributed by atoms with Crippen molar-refractivity contribution in [1.29, 1.82) is 0 Å². The Morgan fingerprint density at radius 2 is 1.42 bits per heavy atom. The maximum absolute atomic E-state index is 12.4. The molecule has 0 saturated carbocycles. The SMILES string of the molecule is O=C(O)/C=C/C=C/Cc1ccc(-c2ccc(C(=O)C(F)(F)F)cc2)cc1. The number of carboxylic acid groups (broad SMARTS) is 1. The van der Waals surface area contributed by atoms with E-state index in [1.54, 1.807) is 6.08 Å². The first-order valence-electron chi connectivity index (χ1n) is 7.64. The third kappa shape index (κ3) is 5.44. The first kappa shape index (κ1) is 19.2. The molecule has 0 saturated heterocycles. The quantitative estimate of drug-likeness (QED) is 0.456. The van der Waals surface area contributed by atoms with Gasteiger partial charge in [0.05, 0.1) is 0 Å². The van der Waals surface area contributed by atoms with Crippen molar-refractivity contribution in [2.45, 2.75) is 12.6 Å². The monoisotopic (exact) mass is 360 g/mol. The summed E-state index contributed by atoms with van der Waals surface area (Å²) in [5, 5.41) is 8.46. The molecule has 0 spiro atoms. The van der Waals surface area contributed by atoms with Gasteiger partial charge in [0.1, 0.15) is 0 Å². The van der Waals surface area contributed by atoms with E-state index in [9.17, 15) is 22.8 Å². The van der Waals surface area contributed by atoms with Gasteiger partial charge in [-0.15, -0.1) is 0 Å². The molecule has 0 bridgehead atoms. The van der Waals surface area contributed by atoms with Crippen LogP contribution >= 0.6 is 0 Å². The molecular formula is C20H15F3O3. The van der Waals surface area contributed by atoms with E-state index in [-0.39, 0.29) is 0 Å². The van der Waals surface area contributed by atoms with Crippen molar-refractivity contribution in [2.24, 2.45) is 0 Å². The van der Waals surface area contributed by atoms with E-state index in [1.807, 2.05) is 30.3 Å². The minimum absolute atomic E-state index is 0.391. The highest BCUT2D eigenvalue weighted by atomic mass is 19.4. The Hall–Kier alpha value is -3.15. The lowest BCUT2D eigenvalue weighted by Crippen LogP contribution is -2.22. The van der Waals surface area contributed by atoms with E-state index >= 15 is 0 Å². The van der Waals surface area contributed by atoms with Crippen LogP contribution in [0.1, 0.15) is 15.9 Å². The number of hydrogen-bond acceptors (Lipinski definition) is 2. The maximum Gasteiger partial charge on any atom is 0.454 e. The van der Waals surface area contributed by atoms with Crippen molar-refractivity contribution in [1.82, 2.24) is 0 Å². The fourth-order valence-electron chi connectivity index (χ4n) is 2.23. The molecule has 0 amide bonds. The van der Waals surface area contributed by atoms with Gasteiger partial charge in [-0.3, -0.25) is 4.79 Å². The molecule has 0 aliphatic carbocycles. The average Bonchev–Trinajstić information content (AvgIpc) is 2.60. The Balaban J connectivity index is 2.04. The number of aliphatic carboxylic acids is 1. The van der Waals surface area contributed by atoms with Gasteiger partial charge in [-0.25, -0.2) is 4.79 Å². The molecule has 0 fully saturated rings. The van der Waals surface area contributed by atoms with Crippen LogP contribution in [0.15, 0.2) is 72.8 Å². The van der Waals surface area contributed by atoms with Gasteiger partial charge in [0.2, 0.25) is 0 Å². The average molecular weight is 360 g/mol. The highest BCUT2D eigenvalue weighted by Crippen LogP contribution is 2.25. The first-order valence-corrected chi connectivity index (χ1v) is 7.64. The zero-order valence-electron chi connectivity index (χ0n) is 13.5. The van der Waals surface area contributed by atoms with Crippen LogP contribution in [0, 0.1) is 0 Å². The van der Waals surface area contributed by atoms with Gasteiger partial charge >= 0.3 is 12.1 Å². The van der Waals surface area contributed by atoms with Crippen molar-refractivity contribution in [3.63, 3.8) is 0 Å². The van der Waals surface area contributed by atoms with E-state index in [0.717, 1.165) is 29.3 Å². The van der Waals surface area contributed by atoms with Gasteiger partial charge in [-0.05, 0) is 23.1 Å². The molecule has 2 rings (SSSR count). The number of rotatable bonds is 6. The summed E-state index contributed by atoms with van der Waals surface area (Å²) < 4.78 is 37.2. The number of carboxylic acids is 1. The van der Waals surface area contributed by atoms with Gasteiger partial charge in [0.25, 0.3) is 5.78 Å². The van der Waals surface area contributed by atoms with Crippen LogP contribution in [-0.2, 0) is 11.2 Å². The summed E-state index contributed by atoms with van der Waals surface area (Å²) in [5.41, 5.74) is 2.12. The predicted octanol–water partition coefficient (Wildman–Crippen LogP) is 4.84. The summed E-state index contributed by atoms with van der Waals surface area (Å²) in [6, 6.07) is 12.7. The van der Waals surface area contributed by atoms with Crippen molar-refractivity contribution in [3.8, 4) is 11.1 Å². The number of hydrogen-bond donors (Lipinski definition) is 1. The highest BCUT2D eigenvalue weighted by molar-refractivity contribution is 6.00. The Kier molecular flexibility index (Phi) is 6.11. The molecule has 0 aliphatic rings. The number of halogens is 3. The lowest BCUT2D eigenvalue weighted by Gasteiger charge is -2.07. The van der Waals surface area contributed by atoms with Crippen LogP contribution in [0.5, 0.6) is 0 Å². The number of benzene rings is 2. The number of alkyl halides is 3. The number of carbonyl (C=O) groups is 2. The van der Waals surface area contributed by atoms with Crippen LogP contribution in [0.3, 0.4) is 0 Å². The van der Waals surface area contributed by atoms with E-state index in [0.29, 0.717) is 12.0 Å². The Bertz CT molecular complexity index is 830. The minimum atomic E-state index is -4.88. The van der Waals surface area contributed by atoms with E-state index in [4.69, 9.17) is 5.11 Å². The van der Waals surface area contributed by atoms with Crippen LogP contribution < -0.4 is 0 Å². The molecule has 0 heterocycles. The van der Waals surface area contributed by atoms with Crippen LogP contribution in [0.25, 0.3) is 11.1 Å². The lowest BCUT2D eigenvalue weighted by atomic mass is 10.0. The summed E-state index contributed by atoms with van der Waals surface area (Å²) in [4.78, 5) is 21.5. The van der Waals surface area contributed by atoms with Gasteiger partial charge in [-0.1, -0.05) is 66.8 Å². The van der Waals surface area contributed by atoms with Gasteiger partial charge in [0.15, 0.2) is 0 Å². The third-order valence-corrected chi connectivity index (χ3v) is 3.53. The second-order valence-electron chi connectivity index (χ2n) is 5.43. The van der Waals surface area contributed by atoms with Gasteiger partial charge in [-0.2, -0.15) is 13.2 Å². The van der Waals surface area contributed by atoms with Crippen LogP contribution in [0.2, 0.25) is 0 Å². The van der Waals surface area contributed by atoms with Crippen molar-refractivity contribution in [2.75, 3.05) is 0 Å². The molecule has 2 aromatic rings. The molecule has 26 heavy (non-hydrogen) atoms. The summed E-state index contributed by atoms with van der Waals surface area (Å²) in [5.74, 6) is -2.87. The number of ketones is 1. The molecular weight excluding hydrogens is 345 g/mol. The van der Waals surface area contributed by atoms with Crippen molar-refractivity contribution >= 4 is 11.8 Å². The second kappa shape index (κ2) is 8.29. The van der Waals surface area contributed by atoms with E-state index < -0.39 is 23.5 Å². The zero-order chi connectivity index (χ0) is 19.2. The van der Waals surface area contributed by atoms with Gasteiger partial charge in [0, 0.05) is 11.6 Å². The highest BCUT2D eigenvalue weighted by Gasteiger charge is 2.39. The topological polar surface area (TPSA) is 54.4 Å². The molecule has 0 unspecified atom stereocenters. The fraction of sp³-hybridized carbons (Fsp3) is 0.100. The standard InChI is InChI=1S/C20H15F3O3/c21-20(22,23)19(26)17-12-10-16(11-13-17)15-8-6-14(7-9-15)4-2-1-3-5-18(24)25/h1-3,5-13H,4H2,(H,24,25)/b2-1+,5-3+. The molecule has 6 heteroatoms. The number of allylic oxidation sites excluding steroid dienone is 3. The largest absolute Gasteiger partial charge is 0.478 e. The molecule has 0 atom stereocenters. The summed E-state index contributed by atoms with van der Waals surface area (Å²) >= 11 is 0. The normalized spacial score (nSPS) is 12.0. The number of Topliss-reactive ketones (excluding diaryl/α,β-unsaturated/α-hetero) is 1. The predicted molar refractivity (Wildman–Crippen MR) is 91.9 cm³/mol. The van der Waals surface area contributed by atoms with Crippen LogP contribution in [-0.4, -0.2) is 23.0 Å². The van der Waals surface area contributed by atoms with Crippen molar-refractivity contribution < 1.29 is 27.9 Å². The first-order chi connectivity index (χ1) is 12.3. The van der Waals surface area contributed by atoms with Crippen LogP contribution in [0.4, 0.5) is 13.2 Å². The smallest absolute Gasteiger partial charge is 0.454 e.